The van der Waals surface area contributed by atoms with Gasteiger partial charge in [-0.15, -0.1) is 0 Å². The van der Waals surface area contributed by atoms with Crippen LogP contribution in [-0.4, -0.2) is 39.0 Å². The standard InChI is InChI=1S/C22H30FN5O2/c1-5-7-18-19-20(27(4)26-18)21(29)25-22(24-19)28(12-6-13-30-15(2)3)14-16-8-10-17(23)11-9-16/h8-11,15H,5-7,12-14H2,1-4H3,(H,24,25,29). The number of fused-ring (bicyclic) bond motifs is 1. The fraction of sp³-hybridized carbons (Fsp3) is 0.500. The maximum Gasteiger partial charge on any atom is 0.278 e. The van der Waals surface area contributed by atoms with Crippen molar-refractivity contribution in [2.75, 3.05) is 18.1 Å². The number of aryl methyl sites for hydroxylation is 2. The van der Waals surface area contributed by atoms with Crippen LogP contribution in [0.25, 0.3) is 11.0 Å². The predicted octanol–water partition coefficient (Wildman–Crippen LogP) is 3.57. The Labute approximate surface area is 175 Å². The molecule has 0 radical (unpaired) electrons. The van der Waals surface area contributed by atoms with Gasteiger partial charge in [0, 0.05) is 26.7 Å². The molecular formula is C22H30FN5O2. The fourth-order valence-corrected chi connectivity index (χ4v) is 3.43. The van der Waals surface area contributed by atoms with Crippen LogP contribution in [0.15, 0.2) is 29.1 Å². The molecule has 2 heterocycles. The number of anilines is 1. The highest BCUT2D eigenvalue weighted by molar-refractivity contribution is 5.77. The molecule has 1 N–H and O–H groups in total. The quantitative estimate of drug-likeness (QED) is 0.512. The summed E-state index contributed by atoms with van der Waals surface area (Å²) in [5.74, 6) is 0.217. The van der Waals surface area contributed by atoms with Crippen molar-refractivity contribution >= 4 is 17.0 Å². The summed E-state index contributed by atoms with van der Waals surface area (Å²) in [6.07, 6.45) is 2.61. The summed E-state index contributed by atoms with van der Waals surface area (Å²) in [6.45, 7) is 7.83. The van der Waals surface area contributed by atoms with Gasteiger partial charge in [0.15, 0.2) is 5.52 Å². The van der Waals surface area contributed by atoms with E-state index in [1.807, 2.05) is 18.7 Å². The van der Waals surface area contributed by atoms with Crippen molar-refractivity contribution < 1.29 is 9.13 Å². The van der Waals surface area contributed by atoms with E-state index in [9.17, 15) is 9.18 Å². The number of halogens is 1. The van der Waals surface area contributed by atoms with Crippen molar-refractivity contribution in [1.29, 1.82) is 0 Å². The third-order valence-corrected chi connectivity index (χ3v) is 4.85. The number of nitrogens with one attached hydrogen (secondary N) is 1. The van der Waals surface area contributed by atoms with Crippen molar-refractivity contribution in [1.82, 2.24) is 19.7 Å². The lowest BCUT2D eigenvalue weighted by Crippen LogP contribution is -2.29. The molecule has 0 atom stereocenters. The molecule has 7 nitrogen and oxygen atoms in total. The van der Waals surface area contributed by atoms with E-state index < -0.39 is 0 Å². The second-order valence-corrected chi connectivity index (χ2v) is 7.73. The van der Waals surface area contributed by atoms with Crippen molar-refractivity contribution in [3.8, 4) is 0 Å². The first-order chi connectivity index (χ1) is 14.4. The lowest BCUT2D eigenvalue weighted by Gasteiger charge is -2.23. The largest absolute Gasteiger partial charge is 0.379 e. The molecule has 0 saturated carbocycles. The van der Waals surface area contributed by atoms with Gasteiger partial charge in [0.05, 0.1) is 11.8 Å². The summed E-state index contributed by atoms with van der Waals surface area (Å²) in [5.41, 5.74) is 2.67. The van der Waals surface area contributed by atoms with E-state index >= 15 is 0 Å². The van der Waals surface area contributed by atoms with Crippen LogP contribution in [0, 0.1) is 5.82 Å². The van der Waals surface area contributed by atoms with Crippen molar-refractivity contribution in [2.45, 2.75) is 52.7 Å². The summed E-state index contributed by atoms with van der Waals surface area (Å²) >= 11 is 0. The van der Waals surface area contributed by atoms with E-state index in [4.69, 9.17) is 9.72 Å². The number of aromatic amines is 1. The van der Waals surface area contributed by atoms with Gasteiger partial charge in [0.1, 0.15) is 11.3 Å². The lowest BCUT2D eigenvalue weighted by molar-refractivity contribution is 0.0778. The zero-order valence-electron chi connectivity index (χ0n) is 18.1. The van der Waals surface area contributed by atoms with Gasteiger partial charge in [-0.05, 0) is 44.4 Å². The van der Waals surface area contributed by atoms with Gasteiger partial charge in [-0.25, -0.2) is 9.37 Å². The van der Waals surface area contributed by atoms with Crippen LogP contribution >= 0.6 is 0 Å². The molecule has 0 aliphatic carbocycles. The number of ether oxygens (including phenoxy) is 1. The average molecular weight is 416 g/mol. The Morgan fingerprint density at radius 2 is 2.00 bits per heavy atom. The third-order valence-electron chi connectivity index (χ3n) is 4.85. The van der Waals surface area contributed by atoms with E-state index in [-0.39, 0.29) is 17.5 Å². The van der Waals surface area contributed by atoms with Crippen LogP contribution in [0.1, 0.15) is 44.9 Å². The minimum atomic E-state index is -0.275. The van der Waals surface area contributed by atoms with Crippen molar-refractivity contribution in [2.24, 2.45) is 7.05 Å². The van der Waals surface area contributed by atoms with Gasteiger partial charge in [-0.3, -0.25) is 14.5 Å². The zero-order chi connectivity index (χ0) is 21.7. The van der Waals surface area contributed by atoms with Crippen LogP contribution < -0.4 is 10.5 Å². The molecular weight excluding hydrogens is 385 g/mol. The first kappa shape index (κ1) is 22.0. The van der Waals surface area contributed by atoms with Crippen molar-refractivity contribution in [3.63, 3.8) is 0 Å². The minimum Gasteiger partial charge on any atom is -0.379 e. The highest BCUT2D eigenvalue weighted by Gasteiger charge is 2.18. The highest BCUT2D eigenvalue weighted by Crippen LogP contribution is 2.19. The van der Waals surface area contributed by atoms with Gasteiger partial charge in [-0.1, -0.05) is 25.5 Å². The van der Waals surface area contributed by atoms with Gasteiger partial charge in [-0.2, -0.15) is 5.10 Å². The van der Waals surface area contributed by atoms with Gasteiger partial charge < -0.3 is 9.64 Å². The molecule has 1 aromatic carbocycles. The Morgan fingerprint density at radius 3 is 2.67 bits per heavy atom. The minimum absolute atomic E-state index is 0.164. The summed E-state index contributed by atoms with van der Waals surface area (Å²) in [7, 11) is 1.76. The fourth-order valence-electron chi connectivity index (χ4n) is 3.43. The molecule has 0 fully saturated rings. The molecule has 3 rings (SSSR count). The number of H-pyrrole nitrogens is 1. The van der Waals surface area contributed by atoms with E-state index in [1.165, 1.54) is 12.1 Å². The van der Waals surface area contributed by atoms with Gasteiger partial charge >= 0.3 is 0 Å². The molecule has 0 unspecified atom stereocenters. The van der Waals surface area contributed by atoms with E-state index in [2.05, 4.69) is 17.0 Å². The van der Waals surface area contributed by atoms with Crippen molar-refractivity contribution in [3.05, 3.63) is 51.7 Å². The van der Waals surface area contributed by atoms with Gasteiger partial charge in [0.25, 0.3) is 5.56 Å². The molecule has 0 saturated heterocycles. The number of benzene rings is 1. The Bertz CT molecular complexity index is 1030. The van der Waals surface area contributed by atoms with Crippen LogP contribution in [0.5, 0.6) is 0 Å². The molecule has 30 heavy (non-hydrogen) atoms. The lowest BCUT2D eigenvalue weighted by atomic mass is 10.2. The molecule has 0 amide bonds. The Morgan fingerprint density at radius 1 is 1.27 bits per heavy atom. The first-order valence-electron chi connectivity index (χ1n) is 10.5. The van der Waals surface area contributed by atoms with Crippen LogP contribution in [-0.2, 0) is 24.8 Å². The second kappa shape index (κ2) is 9.84. The smallest absolute Gasteiger partial charge is 0.278 e. The summed E-state index contributed by atoms with van der Waals surface area (Å²) in [6, 6.07) is 6.37. The summed E-state index contributed by atoms with van der Waals surface area (Å²) in [5, 5.41) is 4.48. The molecule has 3 aromatic rings. The SMILES string of the molecule is CCCc1nn(C)c2c(=O)[nH]c(N(CCCOC(C)C)Cc3ccc(F)cc3)nc12. The Balaban J connectivity index is 1.94. The molecule has 0 aliphatic rings. The average Bonchev–Trinajstić information content (AvgIpc) is 3.02. The van der Waals surface area contributed by atoms with E-state index in [1.54, 1.807) is 23.9 Å². The summed E-state index contributed by atoms with van der Waals surface area (Å²) < 4.78 is 20.6. The van der Waals surface area contributed by atoms with Crippen LogP contribution in [0.4, 0.5) is 10.3 Å². The Kier molecular flexibility index (Phi) is 7.20. The number of hydrogen-bond donors (Lipinski definition) is 1. The van der Waals surface area contributed by atoms with E-state index in [0.717, 1.165) is 30.5 Å². The third kappa shape index (κ3) is 5.24. The van der Waals surface area contributed by atoms with E-state index in [0.29, 0.717) is 36.7 Å². The normalized spacial score (nSPS) is 11.5. The van der Waals surface area contributed by atoms with Crippen LogP contribution in [0.2, 0.25) is 0 Å². The maximum atomic E-state index is 13.3. The number of rotatable bonds is 10. The Hall–Kier alpha value is -2.74. The molecule has 0 spiro atoms. The molecule has 2 aromatic heterocycles. The summed E-state index contributed by atoms with van der Waals surface area (Å²) in [4.78, 5) is 22.5. The number of nitrogens with zero attached hydrogens (tertiary/aromatic N) is 4. The molecule has 0 aliphatic heterocycles. The topological polar surface area (TPSA) is 76.0 Å². The first-order valence-corrected chi connectivity index (χ1v) is 10.5. The zero-order valence-corrected chi connectivity index (χ0v) is 18.1. The number of aromatic nitrogens is 4. The van der Waals surface area contributed by atoms with Crippen LogP contribution in [0.3, 0.4) is 0 Å². The van der Waals surface area contributed by atoms with Gasteiger partial charge in [0.2, 0.25) is 5.95 Å². The molecule has 0 bridgehead atoms. The highest BCUT2D eigenvalue weighted by atomic mass is 19.1. The number of hydrogen-bond acceptors (Lipinski definition) is 5. The monoisotopic (exact) mass is 415 g/mol. The predicted molar refractivity (Wildman–Crippen MR) is 116 cm³/mol. The second-order valence-electron chi connectivity index (χ2n) is 7.73. The molecule has 8 heteroatoms. The molecule has 162 valence electrons. The maximum absolute atomic E-state index is 13.3.